The zero-order valence-electron chi connectivity index (χ0n) is 17.3. The van der Waals surface area contributed by atoms with Crippen molar-refractivity contribution in [2.24, 2.45) is 10.9 Å². The topological polar surface area (TPSA) is 85.8 Å². The summed E-state index contributed by atoms with van der Waals surface area (Å²) in [6, 6.07) is 7.52. The van der Waals surface area contributed by atoms with Crippen LogP contribution in [-0.4, -0.2) is 56.9 Å². The Morgan fingerprint density at radius 1 is 1.04 bits per heavy atom. The maximum atomic E-state index is 11.9. The van der Waals surface area contributed by atoms with Crippen molar-refractivity contribution in [3.63, 3.8) is 0 Å². The van der Waals surface area contributed by atoms with Gasteiger partial charge in [0.25, 0.3) is 5.91 Å². The molecule has 7 nitrogen and oxygen atoms in total. The summed E-state index contributed by atoms with van der Waals surface area (Å²) >= 11 is 0. The summed E-state index contributed by atoms with van der Waals surface area (Å²) in [6.45, 7) is 1.80. The number of benzene rings is 1. The number of carbonyl (C=O) groups is 2. The van der Waals surface area contributed by atoms with E-state index in [2.05, 4.69) is 20.9 Å². The molecular formula is C21H33N5O2. The van der Waals surface area contributed by atoms with E-state index < -0.39 is 0 Å². The van der Waals surface area contributed by atoms with Crippen LogP contribution in [-0.2, 0) is 11.3 Å². The van der Waals surface area contributed by atoms with Crippen molar-refractivity contribution in [1.29, 1.82) is 0 Å². The predicted molar refractivity (Wildman–Crippen MR) is 112 cm³/mol. The molecule has 0 spiro atoms. The third kappa shape index (κ3) is 7.21. The molecule has 2 amide bonds. The van der Waals surface area contributed by atoms with Crippen molar-refractivity contribution in [1.82, 2.24) is 20.9 Å². The minimum Gasteiger partial charge on any atom is -0.355 e. The van der Waals surface area contributed by atoms with E-state index in [0.29, 0.717) is 43.5 Å². The third-order valence-corrected chi connectivity index (χ3v) is 4.98. The summed E-state index contributed by atoms with van der Waals surface area (Å²) in [6.07, 6.45) is 5.55. The van der Waals surface area contributed by atoms with Crippen molar-refractivity contribution >= 4 is 17.8 Å². The predicted octanol–water partition coefficient (Wildman–Crippen LogP) is 1.75. The summed E-state index contributed by atoms with van der Waals surface area (Å²) < 4.78 is 0. The second-order valence-corrected chi connectivity index (χ2v) is 7.45. The van der Waals surface area contributed by atoms with Crippen molar-refractivity contribution in [3.05, 3.63) is 35.4 Å². The largest absolute Gasteiger partial charge is 0.355 e. The average molecular weight is 388 g/mol. The molecular weight excluding hydrogens is 354 g/mol. The van der Waals surface area contributed by atoms with Crippen LogP contribution >= 0.6 is 0 Å². The second kappa shape index (κ2) is 11.3. The molecule has 0 heterocycles. The molecule has 1 fully saturated rings. The van der Waals surface area contributed by atoms with Gasteiger partial charge in [-0.15, -0.1) is 0 Å². The van der Waals surface area contributed by atoms with Gasteiger partial charge in [0.15, 0.2) is 5.96 Å². The zero-order chi connectivity index (χ0) is 20.4. The highest BCUT2D eigenvalue weighted by molar-refractivity contribution is 5.93. The summed E-state index contributed by atoms with van der Waals surface area (Å²) in [4.78, 5) is 29.6. The van der Waals surface area contributed by atoms with Gasteiger partial charge in [-0.05, 0) is 36.5 Å². The Balaban J connectivity index is 1.65. The maximum absolute atomic E-state index is 11.9. The van der Waals surface area contributed by atoms with Crippen molar-refractivity contribution in [2.45, 2.75) is 38.6 Å². The Hall–Kier alpha value is -2.57. The fraction of sp³-hybridized carbons (Fsp3) is 0.571. The van der Waals surface area contributed by atoms with E-state index in [0.717, 1.165) is 5.56 Å². The van der Waals surface area contributed by atoms with Crippen LogP contribution in [0.25, 0.3) is 0 Å². The van der Waals surface area contributed by atoms with Crippen LogP contribution in [0.5, 0.6) is 0 Å². The molecule has 1 aliphatic carbocycles. The molecule has 0 aliphatic heterocycles. The standard InChI is InChI=1S/C21H33N5O2/c1-22-21(24-13-12-23-19(27)14-16-6-4-5-7-16)25-15-17-8-10-18(11-9-17)20(28)26(2)3/h8-11,16H,4-7,12-15H2,1-3H3,(H,23,27)(H2,22,24,25). The molecule has 1 aromatic carbocycles. The van der Waals surface area contributed by atoms with E-state index in [9.17, 15) is 9.59 Å². The lowest BCUT2D eigenvalue weighted by atomic mass is 10.0. The first-order valence-electron chi connectivity index (χ1n) is 10.0. The molecule has 1 aliphatic rings. The first-order chi connectivity index (χ1) is 13.5. The van der Waals surface area contributed by atoms with Crippen LogP contribution in [0.4, 0.5) is 0 Å². The van der Waals surface area contributed by atoms with Gasteiger partial charge in [-0.1, -0.05) is 25.0 Å². The van der Waals surface area contributed by atoms with Crippen molar-refractivity contribution in [2.75, 3.05) is 34.2 Å². The molecule has 0 radical (unpaired) electrons. The monoisotopic (exact) mass is 387 g/mol. The van der Waals surface area contributed by atoms with Crippen LogP contribution in [0.3, 0.4) is 0 Å². The fourth-order valence-electron chi connectivity index (χ4n) is 3.36. The summed E-state index contributed by atoms with van der Waals surface area (Å²) in [7, 11) is 5.20. The highest BCUT2D eigenvalue weighted by Crippen LogP contribution is 2.27. The summed E-state index contributed by atoms with van der Waals surface area (Å²) in [5.74, 6) is 1.39. The molecule has 7 heteroatoms. The molecule has 0 saturated heterocycles. The Bertz CT molecular complexity index is 664. The number of aliphatic imine (C=N–C) groups is 1. The van der Waals surface area contributed by atoms with Gasteiger partial charge in [0.05, 0.1) is 0 Å². The first-order valence-corrected chi connectivity index (χ1v) is 10.0. The molecule has 0 unspecified atom stereocenters. The highest BCUT2D eigenvalue weighted by Gasteiger charge is 2.17. The number of hydrogen-bond acceptors (Lipinski definition) is 3. The van der Waals surface area contributed by atoms with E-state index >= 15 is 0 Å². The quantitative estimate of drug-likeness (QED) is 0.360. The first kappa shape index (κ1) is 21.7. The van der Waals surface area contributed by atoms with Crippen LogP contribution in [0.15, 0.2) is 29.3 Å². The molecule has 1 aromatic rings. The van der Waals surface area contributed by atoms with Gasteiger partial charge in [-0.25, -0.2) is 0 Å². The number of amides is 2. The second-order valence-electron chi connectivity index (χ2n) is 7.45. The lowest BCUT2D eigenvalue weighted by Gasteiger charge is -2.14. The Labute approximate surface area is 168 Å². The number of rotatable bonds is 8. The highest BCUT2D eigenvalue weighted by atomic mass is 16.2. The number of guanidine groups is 1. The fourth-order valence-corrected chi connectivity index (χ4v) is 3.36. The number of carbonyl (C=O) groups excluding carboxylic acids is 2. The van der Waals surface area contributed by atoms with E-state index in [1.807, 2.05) is 24.3 Å². The Morgan fingerprint density at radius 3 is 2.29 bits per heavy atom. The smallest absolute Gasteiger partial charge is 0.253 e. The molecule has 154 valence electrons. The number of nitrogens with one attached hydrogen (secondary N) is 3. The van der Waals surface area contributed by atoms with Crippen LogP contribution in [0.1, 0.15) is 48.0 Å². The van der Waals surface area contributed by atoms with Gasteiger partial charge < -0.3 is 20.9 Å². The van der Waals surface area contributed by atoms with Crippen LogP contribution < -0.4 is 16.0 Å². The summed E-state index contributed by atoms with van der Waals surface area (Å²) in [5, 5.41) is 9.40. The molecule has 2 rings (SSSR count). The van der Waals surface area contributed by atoms with E-state index in [1.165, 1.54) is 25.7 Å². The molecule has 3 N–H and O–H groups in total. The Morgan fingerprint density at radius 2 is 1.68 bits per heavy atom. The third-order valence-electron chi connectivity index (χ3n) is 4.98. The molecule has 28 heavy (non-hydrogen) atoms. The van der Waals surface area contributed by atoms with Crippen molar-refractivity contribution < 1.29 is 9.59 Å². The molecule has 1 saturated carbocycles. The minimum atomic E-state index is -0.00744. The summed E-state index contributed by atoms with van der Waals surface area (Å²) in [5.41, 5.74) is 1.73. The lowest BCUT2D eigenvalue weighted by molar-refractivity contribution is -0.121. The SMILES string of the molecule is CN=C(NCCNC(=O)CC1CCCC1)NCc1ccc(C(=O)N(C)C)cc1. The number of nitrogens with zero attached hydrogens (tertiary/aromatic N) is 2. The lowest BCUT2D eigenvalue weighted by Crippen LogP contribution is -2.41. The van der Waals surface area contributed by atoms with Gasteiger partial charge in [0, 0.05) is 52.8 Å². The average Bonchev–Trinajstić information content (AvgIpc) is 3.20. The molecule has 0 aromatic heterocycles. The maximum Gasteiger partial charge on any atom is 0.253 e. The minimum absolute atomic E-state index is 0.00744. The molecule has 0 bridgehead atoms. The van der Waals surface area contributed by atoms with Gasteiger partial charge in [0.1, 0.15) is 0 Å². The van der Waals surface area contributed by atoms with Gasteiger partial charge in [0.2, 0.25) is 5.91 Å². The van der Waals surface area contributed by atoms with Gasteiger partial charge >= 0.3 is 0 Å². The van der Waals surface area contributed by atoms with E-state index in [-0.39, 0.29) is 11.8 Å². The zero-order valence-corrected chi connectivity index (χ0v) is 17.3. The van der Waals surface area contributed by atoms with Gasteiger partial charge in [-0.2, -0.15) is 0 Å². The van der Waals surface area contributed by atoms with Gasteiger partial charge in [-0.3, -0.25) is 14.6 Å². The molecule has 0 atom stereocenters. The van der Waals surface area contributed by atoms with Crippen LogP contribution in [0, 0.1) is 5.92 Å². The van der Waals surface area contributed by atoms with Crippen LogP contribution in [0.2, 0.25) is 0 Å². The number of hydrogen-bond donors (Lipinski definition) is 3. The van der Waals surface area contributed by atoms with Crippen molar-refractivity contribution in [3.8, 4) is 0 Å². The Kier molecular flexibility index (Phi) is 8.78. The van der Waals surface area contributed by atoms with E-state index in [4.69, 9.17) is 0 Å². The van der Waals surface area contributed by atoms with E-state index in [1.54, 1.807) is 26.0 Å². The normalized spacial score (nSPS) is 14.6.